The molecule has 3 N–H and O–H groups in total. The first-order chi connectivity index (χ1) is 10.5. The lowest BCUT2D eigenvalue weighted by Crippen LogP contribution is -2.39. The van der Waals surface area contributed by atoms with E-state index in [1.54, 1.807) is 7.05 Å². The van der Waals surface area contributed by atoms with Crippen LogP contribution in [0.2, 0.25) is 0 Å². The van der Waals surface area contributed by atoms with Gasteiger partial charge in [0, 0.05) is 26.7 Å². The third-order valence-electron chi connectivity index (χ3n) is 2.93. The molecule has 0 heterocycles. The van der Waals surface area contributed by atoms with Crippen LogP contribution in [0.15, 0.2) is 4.99 Å². The molecule has 6 heteroatoms. The normalized spacial score (nSPS) is 12.7. The number of hydrogen-bond acceptors (Lipinski definition) is 3. The van der Waals surface area contributed by atoms with Gasteiger partial charge in [0.15, 0.2) is 5.96 Å². The van der Waals surface area contributed by atoms with Crippen LogP contribution in [0.1, 0.15) is 60.8 Å². The van der Waals surface area contributed by atoms with E-state index in [4.69, 9.17) is 4.74 Å². The zero-order valence-corrected chi connectivity index (χ0v) is 16.0. The zero-order chi connectivity index (χ0) is 17.9. The van der Waals surface area contributed by atoms with Crippen molar-refractivity contribution < 1.29 is 9.53 Å². The molecule has 0 aromatic rings. The van der Waals surface area contributed by atoms with Crippen LogP contribution in [0.5, 0.6) is 0 Å². The van der Waals surface area contributed by atoms with Gasteiger partial charge in [0.05, 0.1) is 0 Å². The summed E-state index contributed by atoms with van der Waals surface area (Å²) in [4.78, 5) is 15.7. The smallest absolute Gasteiger partial charge is 0.407 e. The van der Waals surface area contributed by atoms with Gasteiger partial charge in [-0.05, 0) is 45.4 Å². The van der Waals surface area contributed by atoms with Crippen LogP contribution in [0, 0.1) is 5.41 Å². The summed E-state index contributed by atoms with van der Waals surface area (Å²) in [5, 5.41) is 9.27. The van der Waals surface area contributed by atoms with Crippen molar-refractivity contribution in [2.45, 2.75) is 66.4 Å². The van der Waals surface area contributed by atoms with Gasteiger partial charge in [0.2, 0.25) is 0 Å². The second-order valence-corrected chi connectivity index (χ2v) is 7.87. The predicted molar refractivity (Wildman–Crippen MR) is 96.9 cm³/mol. The maximum Gasteiger partial charge on any atom is 0.407 e. The van der Waals surface area contributed by atoms with Crippen LogP contribution in [0.25, 0.3) is 0 Å². The Morgan fingerprint density at radius 1 is 0.913 bits per heavy atom. The maximum absolute atomic E-state index is 11.5. The molecule has 23 heavy (non-hydrogen) atoms. The fraction of sp³-hybridized carbons (Fsp3) is 0.882. The van der Waals surface area contributed by atoms with Gasteiger partial charge >= 0.3 is 6.09 Å². The molecule has 0 aliphatic carbocycles. The molecule has 0 bridgehead atoms. The summed E-state index contributed by atoms with van der Waals surface area (Å²) in [6.07, 6.45) is 2.73. The molecule has 1 amide bonds. The van der Waals surface area contributed by atoms with Crippen LogP contribution in [0.4, 0.5) is 4.79 Å². The van der Waals surface area contributed by atoms with E-state index in [-0.39, 0.29) is 6.09 Å². The molecular weight excluding hydrogens is 292 g/mol. The highest BCUT2D eigenvalue weighted by molar-refractivity contribution is 5.79. The summed E-state index contributed by atoms with van der Waals surface area (Å²) in [5.41, 5.74) is -0.0900. The van der Waals surface area contributed by atoms with E-state index in [1.807, 2.05) is 20.8 Å². The Balaban J connectivity index is 3.71. The quantitative estimate of drug-likeness (QED) is 0.382. The number of carbonyl (C=O) groups excluding carboxylic acids is 1. The molecule has 6 nitrogen and oxygen atoms in total. The van der Waals surface area contributed by atoms with Crippen LogP contribution >= 0.6 is 0 Å². The summed E-state index contributed by atoms with van der Waals surface area (Å²) < 4.78 is 5.17. The van der Waals surface area contributed by atoms with Crippen molar-refractivity contribution in [3.63, 3.8) is 0 Å². The first-order valence-electron chi connectivity index (χ1n) is 8.45. The Bertz CT molecular complexity index is 368. The summed E-state index contributed by atoms with van der Waals surface area (Å²) in [7, 11) is 1.76. The van der Waals surface area contributed by atoms with Crippen LogP contribution in [0.3, 0.4) is 0 Å². The molecular formula is C17H36N4O2. The van der Waals surface area contributed by atoms with Gasteiger partial charge in [-0.25, -0.2) is 4.79 Å². The SMILES string of the molecule is CN=C(NCCCNC(=O)OC(C)(C)C)NCCCC(C)(C)C. The van der Waals surface area contributed by atoms with Gasteiger partial charge < -0.3 is 20.7 Å². The lowest BCUT2D eigenvalue weighted by atomic mass is 9.91. The number of nitrogens with one attached hydrogen (secondary N) is 3. The Labute approximate surface area is 141 Å². The molecule has 0 fully saturated rings. The fourth-order valence-corrected chi connectivity index (χ4v) is 1.85. The molecule has 0 rings (SSSR count). The number of hydrogen-bond donors (Lipinski definition) is 3. The number of carbonyl (C=O) groups is 1. The molecule has 0 saturated heterocycles. The van der Waals surface area contributed by atoms with Crippen LogP contribution in [-0.2, 0) is 4.74 Å². The van der Waals surface area contributed by atoms with Crippen molar-refractivity contribution in [3.8, 4) is 0 Å². The molecule has 0 saturated carbocycles. The highest BCUT2D eigenvalue weighted by atomic mass is 16.6. The summed E-state index contributed by atoms with van der Waals surface area (Å²) in [6.45, 7) is 14.5. The molecule has 136 valence electrons. The van der Waals surface area contributed by atoms with Crippen molar-refractivity contribution in [3.05, 3.63) is 0 Å². The van der Waals surface area contributed by atoms with E-state index in [1.165, 1.54) is 6.42 Å². The van der Waals surface area contributed by atoms with E-state index in [9.17, 15) is 4.79 Å². The van der Waals surface area contributed by atoms with Crippen LogP contribution < -0.4 is 16.0 Å². The topological polar surface area (TPSA) is 74.8 Å². The Hall–Kier alpha value is -1.46. The largest absolute Gasteiger partial charge is 0.444 e. The second-order valence-electron chi connectivity index (χ2n) is 7.87. The van der Waals surface area contributed by atoms with Gasteiger partial charge in [-0.15, -0.1) is 0 Å². The van der Waals surface area contributed by atoms with E-state index in [0.717, 1.165) is 31.9 Å². The van der Waals surface area contributed by atoms with Gasteiger partial charge in [-0.1, -0.05) is 20.8 Å². The molecule has 0 atom stereocenters. The third-order valence-corrected chi connectivity index (χ3v) is 2.93. The summed E-state index contributed by atoms with van der Waals surface area (Å²) in [5.74, 6) is 0.802. The van der Waals surface area contributed by atoms with Crippen molar-refractivity contribution in [1.29, 1.82) is 0 Å². The van der Waals surface area contributed by atoms with Gasteiger partial charge in [0.25, 0.3) is 0 Å². The fourth-order valence-electron chi connectivity index (χ4n) is 1.85. The number of guanidine groups is 1. The summed E-state index contributed by atoms with van der Waals surface area (Å²) >= 11 is 0. The van der Waals surface area contributed by atoms with Gasteiger partial charge in [-0.3, -0.25) is 4.99 Å². The maximum atomic E-state index is 11.5. The number of rotatable bonds is 7. The minimum atomic E-state index is -0.457. The first-order valence-corrected chi connectivity index (χ1v) is 8.45. The van der Waals surface area contributed by atoms with E-state index < -0.39 is 5.60 Å². The Kier molecular flexibility index (Phi) is 9.68. The highest BCUT2D eigenvalue weighted by Crippen LogP contribution is 2.19. The monoisotopic (exact) mass is 328 g/mol. The van der Waals surface area contributed by atoms with Crippen LogP contribution in [-0.4, -0.2) is 44.3 Å². The minimum absolute atomic E-state index is 0.367. The van der Waals surface area contributed by atoms with Crippen molar-refractivity contribution >= 4 is 12.1 Å². The number of nitrogens with zero attached hydrogens (tertiary/aromatic N) is 1. The van der Waals surface area contributed by atoms with Gasteiger partial charge in [0.1, 0.15) is 5.60 Å². The Morgan fingerprint density at radius 2 is 1.43 bits per heavy atom. The third kappa shape index (κ3) is 15.2. The molecule has 0 unspecified atom stereocenters. The summed E-state index contributed by atoms with van der Waals surface area (Å²) in [6, 6.07) is 0. The first kappa shape index (κ1) is 21.5. The Morgan fingerprint density at radius 3 is 1.91 bits per heavy atom. The van der Waals surface area contributed by atoms with Gasteiger partial charge in [-0.2, -0.15) is 0 Å². The molecule has 0 radical (unpaired) electrons. The zero-order valence-electron chi connectivity index (χ0n) is 16.0. The number of alkyl carbamates (subject to hydrolysis) is 1. The lowest BCUT2D eigenvalue weighted by molar-refractivity contribution is 0.0527. The van der Waals surface area contributed by atoms with E-state index in [0.29, 0.717) is 12.0 Å². The standard InChI is InChI=1S/C17H36N4O2/c1-16(2,3)10-8-11-19-14(18-7)20-12-9-13-21-15(22)23-17(4,5)6/h8-13H2,1-7H3,(H,21,22)(H2,18,19,20). The average molecular weight is 329 g/mol. The highest BCUT2D eigenvalue weighted by Gasteiger charge is 2.15. The second kappa shape index (κ2) is 10.3. The molecule has 0 aliphatic heterocycles. The molecule has 0 aromatic carbocycles. The molecule has 0 aliphatic rings. The van der Waals surface area contributed by atoms with E-state index in [2.05, 4.69) is 41.7 Å². The van der Waals surface area contributed by atoms with E-state index >= 15 is 0 Å². The lowest BCUT2D eigenvalue weighted by Gasteiger charge is -2.20. The number of aliphatic imine (C=N–C) groups is 1. The number of ether oxygens (including phenoxy) is 1. The number of amides is 1. The van der Waals surface area contributed by atoms with Crippen molar-refractivity contribution in [2.75, 3.05) is 26.7 Å². The van der Waals surface area contributed by atoms with Crippen molar-refractivity contribution in [1.82, 2.24) is 16.0 Å². The van der Waals surface area contributed by atoms with Crippen molar-refractivity contribution in [2.24, 2.45) is 10.4 Å². The minimum Gasteiger partial charge on any atom is -0.444 e. The predicted octanol–water partition coefficient (Wildman–Crippen LogP) is 2.89. The molecule has 0 aromatic heterocycles. The average Bonchev–Trinajstić information content (AvgIpc) is 2.37. The molecule has 0 spiro atoms.